The molecule has 7 heteroatoms. The van der Waals surface area contributed by atoms with E-state index >= 15 is 0 Å². The molecule has 0 aliphatic carbocycles. The molecule has 1 fully saturated rings. The van der Waals surface area contributed by atoms with E-state index in [0.717, 1.165) is 43.6 Å². The minimum atomic E-state index is -0.225. The first-order valence-electron chi connectivity index (χ1n) is 7.73. The second kappa shape index (κ2) is 8.63. The molecule has 1 saturated heterocycles. The smallest absolute Gasteiger partial charge is 0.294 e. The van der Waals surface area contributed by atoms with Gasteiger partial charge in [-0.2, -0.15) is 0 Å². The molecule has 0 amide bonds. The van der Waals surface area contributed by atoms with Crippen LogP contribution in [0.5, 0.6) is 5.19 Å². The van der Waals surface area contributed by atoms with Gasteiger partial charge in [0.2, 0.25) is 0 Å². The van der Waals surface area contributed by atoms with Crippen LogP contribution in [0.1, 0.15) is 31.7 Å². The number of piperidine rings is 1. The van der Waals surface area contributed by atoms with Gasteiger partial charge in [-0.25, -0.2) is 0 Å². The zero-order chi connectivity index (χ0) is 15.1. The molecule has 2 N–H and O–H groups in total. The predicted octanol–water partition coefficient (Wildman–Crippen LogP) is 1.12. The van der Waals surface area contributed by atoms with Gasteiger partial charge in [0.15, 0.2) is 0 Å². The topological polar surface area (TPSA) is 70.5 Å². The number of aliphatic hydroxyl groups excluding tert-OH is 1. The van der Waals surface area contributed by atoms with Crippen LogP contribution < -0.4 is 10.1 Å². The summed E-state index contributed by atoms with van der Waals surface area (Å²) in [6.45, 7) is 9.19. The summed E-state index contributed by atoms with van der Waals surface area (Å²) in [7, 11) is 0. The van der Waals surface area contributed by atoms with Crippen LogP contribution in [0.4, 0.5) is 0 Å². The van der Waals surface area contributed by atoms with E-state index in [2.05, 4.69) is 20.4 Å². The summed E-state index contributed by atoms with van der Waals surface area (Å²) in [6.07, 6.45) is 2.16. The molecule has 2 rings (SSSR count). The maximum absolute atomic E-state index is 9.40. The molecule has 0 aromatic carbocycles. The fourth-order valence-corrected chi connectivity index (χ4v) is 3.34. The minimum Gasteiger partial charge on any atom is -0.469 e. The lowest BCUT2D eigenvalue weighted by Crippen LogP contribution is -2.40. The number of aromatic nitrogens is 2. The third kappa shape index (κ3) is 5.86. The van der Waals surface area contributed by atoms with Crippen molar-refractivity contribution in [3.05, 3.63) is 5.01 Å². The number of aliphatic hydroxyl groups is 1. The standard InChI is InChI=1S/C14H26N4O2S/c1-3-20-14-17-16-13(21-14)9-15-8-12-4-6-18(7-5-12)10-11(2)19/h11-12,15,19H,3-10H2,1-2H3/t11-/m0/s1. The summed E-state index contributed by atoms with van der Waals surface area (Å²) in [5, 5.41) is 22.6. The molecule has 1 atom stereocenters. The number of hydrogen-bond acceptors (Lipinski definition) is 7. The number of β-amino-alcohol motifs (C(OH)–C–C–N with tert-alkyl or cyclic N) is 1. The molecule has 0 radical (unpaired) electrons. The average Bonchev–Trinajstić information content (AvgIpc) is 2.88. The number of likely N-dealkylation sites (tertiary alicyclic amines) is 1. The summed E-state index contributed by atoms with van der Waals surface area (Å²) in [4.78, 5) is 2.35. The van der Waals surface area contributed by atoms with Crippen LogP contribution in [-0.2, 0) is 6.54 Å². The van der Waals surface area contributed by atoms with E-state index in [-0.39, 0.29) is 6.10 Å². The van der Waals surface area contributed by atoms with Gasteiger partial charge in [-0.1, -0.05) is 11.3 Å². The maximum Gasteiger partial charge on any atom is 0.294 e. The number of nitrogens with zero attached hydrogens (tertiary/aromatic N) is 3. The molecule has 1 aliphatic heterocycles. The lowest BCUT2D eigenvalue weighted by Gasteiger charge is -2.32. The largest absolute Gasteiger partial charge is 0.469 e. The molecular weight excluding hydrogens is 288 g/mol. The highest BCUT2D eigenvalue weighted by molar-refractivity contribution is 7.13. The Morgan fingerprint density at radius 3 is 2.86 bits per heavy atom. The Balaban J connectivity index is 1.61. The first-order valence-corrected chi connectivity index (χ1v) is 8.55. The molecule has 2 heterocycles. The third-order valence-corrected chi connectivity index (χ3v) is 4.49. The van der Waals surface area contributed by atoms with Crippen molar-refractivity contribution in [2.75, 3.05) is 32.8 Å². The van der Waals surface area contributed by atoms with Crippen molar-refractivity contribution in [1.82, 2.24) is 20.4 Å². The minimum absolute atomic E-state index is 0.225. The first-order chi connectivity index (χ1) is 10.2. The van der Waals surface area contributed by atoms with Crippen molar-refractivity contribution in [2.45, 2.75) is 39.3 Å². The Hall–Kier alpha value is -0.760. The molecular formula is C14H26N4O2S. The van der Waals surface area contributed by atoms with Crippen molar-refractivity contribution in [2.24, 2.45) is 5.92 Å². The molecule has 1 aliphatic rings. The molecule has 1 aromatic rings. The van der Waals surface area contributed by atoms with Crippen LogP contribution in [0.25, 0.3) is 0 Å². The Morgan fingerprint density at radius 2 is 2.19 bits per heavy atom. The van der Waals surface area contributed by atoms with Crippen LogP contribution in [0, 0.1) is 5.92 Å². The van der Waals surface area contributed by atoms with Crippen molar-refractivity contribution in [3.8, 4) is 5.19 Å². The number of rotatable bonds is 8. The number of nitrogens with one attached hydrogen (secondary N) is 1. The molecule has 0 bridgehead atoms. The monoisotopic (exact) mass is 314 g/mol. The zero-order valence-corrected chi connectivity index (χ0v) is 13.7. The van der Waals surface area contributed by atoms with Crippen LogP contribution >= 0.6 is 11.3 Å². The normalized spacial score (nSPS) is 18.8. The average molecular weight is 314 g/mol. The van der Waals surface area contributed by atoms with Gasteiger partial charge in [0.05, 0.1) is 12.7 Å². The lowest BCUT2D eigenvalue weighted by molar-refractivity contribution is 0.0998. The number of ether oxygens (including phenoxy) is 1. The second-order valence-corrected chi connectivity index (χ2v) is 6.64. The molecule has 1 aromatic heterocycles. The van der Waals surface area contributed by atoms with Gasteiger partial charge in [-0.15, -0.1) is 10.2 Å². The van der Waals surface area contributed by atoms with E-state index in [4.69, 9.17) is 4.74 Å². The quantitative estimate of drug-likeness (QED) is 0.749. The Bertz CT molecular complexity index is 405. The van der Waals surface area contributed by atoms with Crippen molar-refractivity contribution in [3.63, 3.8) is 0 Å². The van der Waals surface area contributed by atoms with Gasteiger partial charge in [0, 0.05) is 13.1 Å². The lowest BCUT2D eigenvalue weighted by atomic mass is 9.96. The molecule has 21 heavy (non-hydrogen) atoms. The van der Waals surface area contributed by atoms with Gasteiger partial charge in [0.25, 0.3) is 5.19 Å². The first kappa shape index (κ1) is 16.6. The van der Waals surface area contributed by atoms with Crippen LogP contribution in [0.3, 0.4) is 0 Å². The van der Waals surface area contributed by atoms with Crippen LogP contribution in [-0.4, -0.2) is 59.1 Å². The predicted molar refractivity (Wildman–Crippen MR) is 83.6 cm³/mol. The van der Waals surface area contributed by atoms with Gasteiger partial charge >= 0.3 is 0 Å². The summed E-state index contributed by atoms with van der Waals surface area (Å²) in [5.41, 5.74) is 0. The van der Waals surface area contributed by atoms with Crippen molar-refractivity contribution >= 4 is 11.3 Å². The molecule has 0 spiro atoms. The van der Waals surface area contributed by atoms with Crippen LogP contribution in [0.2, 0.25) is 0 Å². The Labute approximate surface area is 130 Å². The SMILES string of the molecule is CCOc1nnc(CNCC2CCN(C[C@H](C)O)CC2)s1. The fraction of sp³-hybridized carbons (Fsp3) is 0.857. The summed E-state index contributed by atoms with van der Waals surface area (Å²) in [6, 6.07) is 0. The Morgan fingerprint density at radius 1 is 1.43 bits per heavy atom. The molecule has 0 saturated carbocycles. The van der Waals surface area contributed by atoms with Gasteiger partial charge < -0.3 is 20.1 Å². The highest BCUT2D eigenvalue weighted by Gasteiger charge is 2.19. The maximum atomic E-state index is 9.40. The van der Waals surface area contributed by atoms with Gasteiger partial charge in [-0.05, 0) is 52.2 Å². The zero-order valence-electron chi connectivity index (χ0n) is 12.9. The highest BCUT2D eigenvalue weighted by atomic mass is 32.1. The molecule has 120 valence electrons. The fourth-order valence-electron chi connectivity index (χ4n) is 2.62. The van der Waals surface area contributed by atoms with Crippen LogP contribution in [0.15, 0.2) is 0 Å². The van der Waals surface area contributed by atoms with E-state index < -0.39 is 0 Å². The molecule has 6 nitrogen and oxygen atoms in total. The highest BCUT2D eigenvalue weighted by Crippen LogP contribution is 2.19. The van der Waals surface area contributed by atoms with Crippen molar-refractivity contribution in [1.29, 1.82) is 0 Å². The molecule has 0 unspecified atom stereocenters. The van der Waals surface area contributed by atoms with E-state index in [1.807, 2.05) is 13.8 Å². The van der Waals surface area contributed by atoms with Gasteiger partial charge in [0.1, 0.15) is 5.01 Å². The number of hydrogen-bond donors (Lipinski definition) is 2. The third-order valence-electron chi connectivity index (χ3n) is 3.65. The summed E-state index contributed by atoms with van der Waals surface area (Å²) in [5.74, 6) is 0.717. The van der Waals surface area contributed by atoms with E-state index in [0.29, 0.717) is 11.8 Å². The summed E-state index contributed by atoms with van der Waals surface area (Å²) < 4.78 is 5.32. The Kier molecular flexibility index (Phi) is 6.82. The van der Waals surface area contributed by atoms with E-state index in [1.54, 1.807) is 0 Å². The van der Waals surface area contributed by atoms with Crippen molar-refractivity contribution < 1.29 is 9.84 Å². The summed E-state index contributed by atoms with van der Waals surface area (Å²) >= 11 is 1.51. The van der Waals surface area contributed by atoms with Gasteiger partial charge in [-0.3, -0.25) is 0 Å². The van der Waals surface area contributed by atoms with E-state index in [9.17, 15) is 5.11 Å². The second-order valence-electron chi connectivity index (χ2n) is 5.62. The van der Waals surface area contributed by atoms with E-state index in [1.165, 1.54) is 24.2 Å².